The predicted octanol–water partition coefficient (Wildman–Crippen LogP) is 5.23. The van der Waals surface area contributed by atoms with Crippen molar-refractivity contribution in [2.45, 2.75) is 25.9 Å². The van der Waals surface area contributed by atoms with E-state index in [0.29, 0.717) is 58.0 Å². The Morgan fingerprint density at radius 2 is 1.73 bits per heavy atom. The van der Waals surface area contributed by atoms with E-state index in [1.54, 1.807) is 47.3 Å². The van der Waals surface area contributed by atoms with Crippen molar-refractivity contribution in [2.75, 3.05) is 18.0 Å². The van der Waals surface area contributed by atoms with Gasteiger partial charge in [0.2, 0.25) is 0 Å². The summed E-state index contributed by atoms with van der Waals surface area (Å²) >= 11 is 0. The number of nitrogens with zero attached hydrogens (tertiary/aromatic N) is 7. The van der Waals surface area contributed by atoms with Crippen LogP contribution in [0, 0.1) is 17.1 Å². The van der Waals surface area contributed by atoms with Gasteiger partial charge in [0.1, 0.15) is 23.8 Å². The summed E-state index contributed by atoms with van der Waals surface area (Å²) < 4.78 is 17.0. The summed E-state index contributed by atoms with van der Waals surface area (Å²) in [6.07, 6.45) is 4.86. The van der Waals surface area contributed by atoms with Crippen LogP contribution < -0.4 is 4.90 Å². The van der Waals surface area contributed by atoms with Gasteiger partial charge in [0.15, 0.2) is 5.65 Å². The van der Waals surface area contributed by atoms with Gasteiger partial charge in [0, 0.05) is 54.3 Å². The number of piperazine rings is 1. The highest BCUT2D eigenvalue weighted by Gasteiger charge is 2.35. The molecule has 0 radical (unpaired) electrons. The molecule has 0 spiro atoms. The van der Waals surface area contributed by atoms with Crippen LogP contribution in [-0.2, 0) is 0 Å². The van der Waals surface area contributed by atoms with Gasteiger partial charge in [-0.3, -0.25) is 9.36 Å². The first-order valence-corrected chi connectivity index (χ1v) is 13.1. The molecule has 9 heteroatoms. The van der Waals surface area contributed by atoms with E-state index in [9.17, 15) is 10.1 Å². The van der Waals surface area contributed by atoms with Crippen LogP contribution in [-0.4, -0.2) is 55.5 Å². The van der Waals surface area contributed by atoms with Gasteiger partial charge in [0.05, 0.1) is 17.0 Å². The number of halogens is 1. The highest BCUT2D eigenvalue weighted by atomic mass is 19.1. The fourth-order valence-corrected chi connectivity index (χ4v) is 5.39. The first-order valence-electron chi connectivity index (χ1n) is 13.1. The molecule has 0 aliphatic carbocycles. The molecule has 1 amide bonds. The number of aromatic nitrogens is 4. The van der Waals surface area contributed by atoms with Gasteiger partial charge in [-0.05, 0) is 44.2 Å². The number of carbonyl (C=O) groups excluding carboxylic acids is 1. The minimum absolute atomic E-state index is 0.00548. The Hall–Kier alpha value is -5.10. The molecule has 5 aromatic rings. The summed E-state index contributed by atoms with van der Waals surface area (Å²) in [5.74, 6) is 0.782. The molecular formula is C31H26FN7O. The molecule has 0 N–H and O–H groups in total. The molecule has 0 saturated carbocycles. The van der Waals surface area contributed by atoms with Gasteiger partial charge in [0.25, 0.3) is 5.91 Å². The largest absolute Gasteiger partial charge is 0.349 e. The highest BCUT2D eigenvalue weighted by Crippen LogP contribution is 2.39. The summed E-state index contributed by atoms with van der Waals surface area (Å²) in [7, 11) is 0. The Balaban J connectivity index is 1.47. The number of pyridine rings is 1. The van der Waals surface area contributed by atoms with Crippen LogP contribution >= 0.6 is 0 Å². The van der Waals surface area contributed by atoms with Crippen molar-refractivity contribution in [3.8, 4) is 23.0 Å². The zero-order chi connectivity index (χ0) is 27.8. The van der Waals surface area contributed by atoms with Crippen molar-refractivity contribution >= 4 is 22.8 Å². The van der Waals surface area contributed by atoms with Crippen LogP contribution in [0.15, 0.2) is 85.5 Å². The van der Waals surface area contributed by atoms with Gasteiger partial charge < -0.3 is 9.80 Å². The molecule has 1 saturated heterocycles. The lowest BCUT2D eigenvalue weighted by Crippen LogP contribution is -2.58. The maximum absolute atomic E-state index is 15.2. The quantitative estimate of drug-likeness (QED) is 0.315. The molecule has 1 aliphatic heterocycles. The average molecular weight is 532 g/mol. The lowest BCUT2D eigenvalue weighted by molar-refractivity contribution is 0.0644. The van der Waals surface area contributed by atoms with Crippen LogP contribution in [0.1, 0.15) is 29.8 Å². The van der Waals surface area contributed by atoms with Crippen molar-refractivity contribution in [3.05, 3.63) is 102 Å². The predicted molar refractivity (Wildman–Crippen MR) is 151 cm³/mol. The lowest BCUT2D eigenvalue weighted by atomic mass is 10.0. The number of hydrogen-bond donors (Lipinski definition) is 0. The zero-order valence-electron chi connectivity index (χ0n) is 22.1. The molecule has 2 atom stereocenters. The zero-order valence-corrected chi connectivity index (χ0v) is 22.1. The number of carbonyl (C=O) groups is 1. The molecule has 2 aromatic carbocycles. The van der Waals surface area contributed by atoms with E-state index in [4.69, 9.17) is 4.98 Å². The third-order valence-electron chi connectivity index (χ3n) is 7.39. The second kappa shape index (κ2) is 10.2. The average Bonchev–Trinajstić information content (AvgIpc) is 3.38. The van der Waals surface area contributed by atoms with Crippen molar-refractivity contribution in [1.82, 2.24) is 24.4 Å². The van der Waals surface area contributed by atoms with E-state index < -0.39 is 0 Å². The first kappa shape index (κ1) is 25.2. The molecule has 8 nitrogen and oxygen atoms in total. The Bertz CT molecular complexity index is 1760. The van der Waals surface area contributed by atoms with Crippen LogP contribution in [0.5, 0.6) is 0 Å². The monoisotopic (exact) mass is 531 g/mol. The number of nitriles is 1. The molecule has 0 unspecified atom stereocenters. The smallest absolute Gasteiger partial charge is 0.254 e. The second-order valence-corrected chi connectivity index (χ2v) is 9.98. The van der Waals surface area contributed by atoms with Crippen LogP contribution in [0.3, 0.4) is 0 Å². The van der Waals surface area contributed by atoms with Crippen molar-refractivity contribution in [2.24, 2.45) is 0 Å². The van der Waals surface area contributed by atoms with E-state index in [2.05, 4.69) is 27.9 Å². The third kappa shape index (κ3) is 4.33. The topological polar surface area (TPSA) is 90.9 Å². The van der Waals surface area contributed by atoms with Crippen LogP contribution in [0.2, 0.25) is 0 Å². The van der Waals surface area contributed by atoms with E-state index in [1.807, 2.05) is 42.2 Å². The lowest BCUT2D eigenvalue weighted by Gasteiger charge is -2.45. The summed E-state index contributed by atoms with van der Waals surface area (Å²) in [6.45, 7) is 5.12. The summed E-state index contributed by atoms with van der Waals surface area (Å²) in [5.41, 5.74) is 2.70. The van der Waals surface area contributed by atoms with E-state index >= 15 is 4.39 Å². The van der Waals surface area contributed by atoms with E-state index in [0.717, 1.165) is 0 Å². The second-order valence-electron chi connectivity index (χ2n) is 9.98. The number of hydrogen-bond acceptors (Lipinski definition) is 6. The summed E-state index contributed by atoms with van der Waals surface area (Å²) in [6, 6.07) is 21.2. The SMILES string of the molecule is C[C@@H]1CN(c2ncnc3c2c(-c2ccccc2F)cn3-c2cc(C#N)ccn2)[C@@H](C)CN1C(=O)c1ccccc1. The van der Waals surface area contributed by atoms with Crippen LogP contribution in [0.25, 0.3) is 28.0 Å². The molecule has 40 heavy (non-hydrogen) atoms. The minimum atomic E-state index is -0.366. The van der Waals surface area contributed by atoms with E-state index in [1.165, 1.54) is 12.4 Å². The Morgan fingerprint density at radius 1 is 0.950 bits per heavy atom. The fourth-order valence-electron chi connectivity index (χ4n) is 5.39. The molecule has 0 bridgehead atoms. The molecule has 1 aliphatic rings. The first-order chi connectivity index (χ1) is 19.5. The maximum Gasteiger partial charge on any atom is 0.254 e. The third-order valence-corrected chi connectivity index (χ3v) is 7.39. The summed E-state index contributed by atoms with van der Waals surface area (Å²) in [5, 5.41) is 10.1. The van der Waals surface area contributed by atoms with E-state index in [-0.39, 0.29) is 23.8 Å². The fraction of sp³-hybridized carbons (Fsp3) is 0.194. The number of rotatable bonds is 4. The van der Waals surface area contributed by atoms with Gasteiger partial charge in [-0.2, -0.15) is 5.26 Å². The highest BCUT2D eigenvalue weighted by molar-refractivity contribution is 6.02. The van der Waals surface area contributed by atoms with Gasteiger partial charge in [-0.15, -0.1) is 0 Å². The normalized spacial score (nSPS) is 17.1. The van der Waals surface area contributed by atoms with Crippen molar-refractivity contribution < 1.29 is 9.18 Å². The number of fused-ring (bicyclic) bond motifs is 1. The molecular weight excluding hydrogens is 505 g/mol. The van der Waals surface area contributed by atoms with Gasteiger partial charge in [-0.1, -0.05) is 36.4 Å². The van der Waals surface area contributed by atoms with Crippen molar-refractivity contribution in [3.63, 3.8) is 0 Å². The number of amides is 1. The Kier molecular flexibility index (Phi) is 6.44. The maximum atomic E-state index is 15.2. The minimum Gasteiger partial charge on any atom is -0.349 e. The Morgan fingerprint density at radius 3 is 2.50 bits per heavy atom. The number of anilines is 1. The molecule has 3 aromatic heterocycles. The van der Waals surface area contributed by atoms with Gasteiger partial charge in [-0.25, -0.2) is 19.3 Å². The molecule has 4 heterocycles. The van der Waals surface area contributed by atoms with Gasteiger partial charge >= 0.3 is 0 Å². The Labute approximate surface area is 231 Å². The molecule has 1 fully saturated rings. The number of benzene rings is 2. The standard InChI is InChI=1S/C31H26FN7O/c1-20-17-38(31(40)23-8-4-3-5-9-23)21(2)16-37(20)29-28-25(24-10-6-7-11-26(24)32)18-39(30(28)36-19-35-29)27-14-22(15-33)12-13-34-27/h3-14,18-21H,16-17H2,1-2H3/t20-,21+/m0/s1. The van der Waals surface area contributed by atoms with Crippen LogP contribution in [0.4, 0.5) is 10.2 Å². The molecule has 198 valence electrons. The summed E-state index contributed by atoms with van der Waals surface area (Å²) in [4.78, 5) is 31.1. The molecule has 6 rings (SSSR count). The van der Waals surface area contributed by atoms with Crippen molar-refractivity contribution in [1.29, 1.82) is 5.26 Å².